The normalized spacial score (nSPS) is 38.4. The van der Waals surface area contributed by atoms with Crippen LogP contribution in [0.1, 0.15) is 117 Å². The number of ether oxygens (including phenoxy) is 4. The summed E-state index contributed by atoms with van der Waals surface area (Å²) in [6.45, 7) is 9.92. The van der Waals surface area contributed by atoms with Gasteiger partial charge in [0.05, 0.1) is 26.4 Å². The zero-order valence-electron chi connectivity index (χ0n) is 24.5. The lowest BCUT2D eigenvalue weighted by molar-refractivity contribution is -0.185. The highest BCUT2D eigenvalue weighted by Crippen LogP contribution is 2.47. The Bertz CT molecular complexity index is 788. The van der Waals surface area contributed by atoms with Gasteiger partial charge in [-0.1, -0.05) is 32.4 Å². The number of carbonyl (C=O) groups is 1. The highest BCUT2D eigenvalue weighted by molar-refractivity contribution is 5.81. The van der Waals surface area contributed by atoms with Crippen LogP contribution in [0.2, 0.25) is 0 Å². The number of carbonyl (C=O) groups excluding carboxylic acids is 1. The van der Waals surface area contributed by atoms with Crippen molar-refractivity contribution in [3.63, 3.8) is 0 Å². The third kappa shape index (κ3) is 6.75. The molecule has 0 aromatic carbocycles. The lowest BCUT2D eigenvalue weighted by atomic mass is 9.68. The molecule has 4 atom stereocenters. The van der Waals surface area contributed by atoms with E-state index in [1.54, 1.807) is 5.57 Å². The third-order valence-corrected chi connectivity index (χ3v) is 11.1. The first-order valence-corrected chi connectivity index (χ1v) is 16.2. The SMILES string of the molecule is CC/C=C1/CCC(C2CCC3(CC2)OCCO3)CC1C.CC1CC(C2CCC3(CC2)OCCO3)CCC1=O. The first-order chi connectivity index (χ1) is 18.4. The van der Waals surface area contributed by atoms with E-state index >= 15 is 0 Å². The van der Waals surface area contributed by atoms with Crippen molar-refractivity contribution in [1.29, 1.82) is 0 Å². The fourth-order valence-electron chi connectivity index (χ4n) is 8.70. The van der Waals surface area contributed by atoms with E-state index in [4.69, 9.17) is 18.9 Å². The molecule has 2 aliphatic heterocycles. The molecule has 6 fully saturated rings. The van der Waals surface area contributed by atoms with Gasteiger partial charge in [-0.05, 0) is 93.8 Å². The molecule has 4 saturated carbocycles. The van der Waals surface area contributed by atoms with Gasteiger partial charge in [0, 0.05) is 38.0 Å². The number of rotatable bonds is 3. The average Bonchev–Trinajstić information content (AvgIpc) is 3.58. The molecule has 4 aliphatic carbocycles. The molecule has 0 N–H and O–H groups in total. The molecule has 2 spiro atoms. The highest BCUT2D eigenvalue weighted by Gasteiger charge is 2.44. The van der Waals surface area contributed by atoms with Crippen molar-refractivity contribution in [2.24, 2.45) is 35.5 Å². The standard InChI is InChI=1S/C18H30O2.C15H24O3/c1-3-4-15-5-6-17(13-14(15)2)16-7-9-18(10-8-16)19-11-12-20-18;1-11-10-13(2-3-14(11)16)12-4-6-15(7-5-12)17-8-9-18-15/h4,14,16-17H,3,5-13H2,1-2H3;11-13H,2-10H2,1H3/b15-4-;. The number of hydrogen-bond acceptors (Lipinski definition) is 5. The van der Waals surface area contributed by atoms with E-state index in [0.29, 0.717) is 11.7 Å². The van der Waals surface area contributed by atoms with Gasteiger partial charge in [0.2, 0.25) is 0 Å². The lowest BCUT2D eigenvalue weighted by Crippen LogP contribution is -2.38. The lowest BCUT2D eigenvalue weighted by Gasteiger charge is -2.41. The van der Waals surface area contributed by atoms with Gasteiger partial charge in [-0.15, -0.1) is 0 Å². The van der Waals surface area contributed by atoms with Gasteiger partial charge in [-0.2, -0.15) is 0 Å². The van der Waals surface area contributed by atoms with Gasteiger partial charge in [0.1, 0.15) is 5.78 Å². The van der Waals surface area contributed by atoms with Crippen LogP contribution in [-0.4, -0.2) is 43.8 Å². The van der Waals surface area contributed by atoms with Crippen molar-refractivity contribution in [2.75, 3.05) is 26.4 Å². The van der Waals surface area contributed by atoms with Crippen LogP contribution in [0.5, 0.6) is 0 Å². The van der Waals surface area contributed by atoms with E-state index in [0.717, 1.165) is 101 Å². The molecular weight excluding hydrogens is 476 g/mol. The van der Waals surface area contributed by atoms with Gasteiger partial charge in [0.15, 0.2) is 11.6 Å². The molecule has 0 aromatic heterocycles. The highest BCUT2D eigenvalue weighted by atomic mass is 16.7. The Hall–Kier alpha value is -0.750. The quantitative estimate of drug-likeness (QED) is 0.351. The van der Waals surface area contributed by atoms with Gasteiger partial charge in [-0.25, -0.2) is 0 Å². The van der Waals surface area contributed by atoms with E-state index in [2.05, 4.69) is 26.8 Å². The summed E-state index contributed by atoms with van der Waals surface area (Å²) in [6, 6.07) is 0. The molecular formula is C33H54O5. The van der Waals surface area contributed by atoms with Crippen molar-refractivity contribution in [2.45, 2.75) is 129 Å². The monoisotopic (exact) mass is 530 g/mol. The minimum atomic E-state index is -0.230. The molecule has 0 amide bonds. The summed E-state index contributed by atoms with van der Waals surface area (Å²) in [5.41, 5.74) is 1.72. The summed E-state index contributed by atoms with van der Waals surface area (Å²) in [5.74, 6) is 4.58. The Morgan fingerprint density at radius 3 is 1.53 bits per heavy atom. The minimum Gasteiger partial charge on any atom is -0.348 e. The largest absolute Gasteiger partial charge is 0.348 e. The maximum atomic E-state index is 11.6. The zero-order valence-corrected chi connectivity index (χ0v) is 24.5. The first kappa shape index (κ1) is 28.8. The smallest absolute Gasteiger partial charge is 0.168 e. The summed E-state index contributed by atoms with van der Waals surface area (Å²) in [5, 5.41) is 0. The summed E-state index contributed by atoms with van der Waals surface area (Å²) in [4.78, 5) is 11.6. The first-order valence-electron chi connectivity index (χ1n) is 16.2. The van der Waals surface area contributed by atoms with Gasteiger partial charge in [0.25, 0.3) is 0 Å². The molecule has 216 valence electrons. The maximum Gasteiger partial charge on any atom is 0.168 e. The van der Waals surface area contributed by atoms with Crippen molar-refractivity contribution in [1.82, 2.24) is 0 Å². The Morgan fingerprint density at radius 2 is 1.11 bits per heavy atom. The molecule has 5 heteroatoms. The van der Waals surface area contributed by atoms with E-state index in [9.17, 15) is 4.79 Å². The fraction of sp³-hybridized carbons (Fsp3) is 0.909. The van der Waals surface area contributed by atoms with Crippen LogP contribution in [0, 0.1) is 35.5 Å². The molecule has 2 heterocycles. The molecule has 2 saturated heterocycles. The van der Waals surface area contributed by atoms with Crippen molar-refractivity contribution < 1.29 is 23.7 Å². The summed E-state index contributed by atoms with van der Waals surface area (Å²) in [7, 11) is 0. The number of Topliss-reactive ketones (excluding diaryl/α,β-unsaturated/α-hetero) is 1. The second-order valence-corrected chi connectivity index (χ2v) is 13.4. The molecule has 4 unspecified atom stereocenters. The topological polar surface area (TPSA) is 54.0 Å². The van der Waals surface area contributed by atoms with Crippen LogP contribution in [0.3, 0.4) is 0 Å². The minimum absolute atomic E-state index is 0.177. The van der Waals surface area contributed by atoms with Crippen molar-refractivity contribution in [3.8, 4) is 0 Å². The zero-order chi connectivity index (χ0) is 26.6. The fourth-order valence-corrected chi connectivity index (χ4v) is 8.70. The molecule has 6 aliphatic rings. The second-order valence-electron chi connectivity index (χ2n) is 13.4. The maximum absolute atomic E-state index is 11.6. The van der Waals surface area contributed by atoms with E-state index in [1.807, 2.05) is 0 Å². The van der Waals surface area contributed by atoms with Gasteiger partial charge in [-0.3, -0.25) is 4.79 Å². The van der Waals surface area contributed by atoms with Crippen LogP contribution in [0.4, 0.5) is 0 Å². The van der Waals surface area contributed by atoms with E-state index < -0.39 is 0 Å². The Morgan fingerprint density at radius 1 is 0.658 bits per heavy atom. The van der Waals surface area contributed by atoms with Crippen molar-refractivity contribution >= 4 is 5.78 Å². The predicted molar refractivity (Wildman–Crippen MR) is 150 cm³/mol. The predicted octanol–water partition coefficient (Wildman–Crippen LogP) is 7.62. The number of ketones is 1. The Labute approximate surface area is 231 Å². The third-order valence-electron chi connectivity index (χ3n) is 11.1. The van der Waals surface area contributed by atoms with E-state index in [-0.39, 0.29) is 11.6 Å². The van der Waals surface area contributed by atoms with Gasteiger partial charge >= 0.3 is 0 Å². The van der Waals surface area contributed by atoms with Gasteiger partial charge < -0.3 is 18.9 Å². The molecule has 6 rings (SSSR count). The Balaban J connectivity index is 0.000000156. The average molecular weight is 531 g/mol. The summed E-state index contributed by atoms with van der Waals surface area (Å²) in [6.07, 6.45) is 20.3. The number of allylic oxidation sites excluding steroid dienone is 2. The van der Waals surface area contributed by atoms with Crippen molar-refractivity contribution in [3.05, 3.63) is 11.6 Å². The van der Waals surface area contributed by atoms with Crippen LogP contribution < -0.4 is 0 Å². The molecule has 5 nitrogen and oxygen atoms in total. The molecule has 38 heavy (non-hydrogen) atoms. The molecule has 0 aromatic rings. The summed E-state index contributed by atoms with van der Waals surface area (Å²) >= 11 is 0. The van der Waals surface area contributed by atoms with Crippen LogP contribution in [-0.2, 0) is 23.7 Å². The molecule has 0 radical (unpaired) electrons. The summed E-state index contributed by atoms with van der Waals surface area (Å²) < 4.78 is 23.3. The second kappa shape index (κ2) is 12.8. The van der Waals surface area contributed by atoms with E-state index in [1.165, 1.54) is 51.4 Å². The Kier molecular flexibility index (Phi) is 9.71. The van der Waals surface area contributed by atoms with Crippen LogP contribution >= 0.6 is 0 Å². The molecule has 0 bridgehead atoms. The van der Waals surface area contributed by atoms with Crippen LogP contribution in [0.25, 0.3) is 0 Å². The number of hydrogen-bond donors (Lipinski definition) is 0. The van der Waals surface area contributed by atoms with Crippen LogP contribution in [0.15, 0.2) is 11.6 Å².